The summed E-state index contributed by atoms with van der Waals surface area (Å²) in [5.74, 6) is 0. The molecular weight excluding hydrogens is 592 g/mol. The average Bonchev–Trinajstić information content (AvgIpc) is 3.67. The van der Waals surface area contributed by atoms with E-state index in [1.807, 2.05) is 13.8 Å². The highest BCUT2D eigenvalue weighted by Gasteiger charge is 2.22. The fourth-order valence-corrected chi connectivity index (χ4v) is 6.54. The third kappa shape index (κ3) is 7.47. The lowest BCUT2D eigenvalue weighted by atomic mass is 9.37. The normalized spacial score (nSPS) is 11.7. The summed E-state index contributed by atoms with van der Waals surface area (Å²) in [6, 6.07) is 64.1. The van der Waals surface area contributed by atoms with Crippen LogP contribution in [-0.2, 0) is 0 Å². The van der Waals surface area contributed by atoms with Crippen molar-refractivity contribution in [2.45, 2.75) is 13.8 Å². The fraction of sp³-hybridized carbons (Fsp3) is 0.0455. The fourth-order valence-electron chi connectivity index (χ4n) is 6.54. The standard InChI is InChI=1S/C44H37B2N3/c1-33(47-41-27-23-39(24-28-41)45(35-15-7-3-8-16-35)36-17-9-4-10-18-36)43-31-32-44(49-43)34(2)48-42-29-25-40(26-30-42)46(37-19-11-5-12-20-37)38-21-13-6-14-22-38/h3-32,49H,1-2H3. The van der Waals surface area contributed by atoms with E-state index in [9.17, 15) is 0 Å². The molecule has 0 saturated heterocycles. The SMILES string of the molecule is CC(=Nc1ccc(B(c2ccccc2)c2ccccc2)cc1)c1ccc(C(C)=Nc2ccc(B(c3ccccc3)c3ccccc3)cc2)[nH]1. The van der Waals surface area contributed by atoms with Gasteiger partial charge in [0.2, 0.25) is 13.4 Å². The summed E-state index contributed by atoms with van der Waals surface area (Å²) in [5.41, 5.74) is 13.2. The van der Waals surface area contributed by atoms with Crippen LogP contribution in [0.4, 0.5) is 11.4 Å². The Morgan fingerprint density at radius 2 is 0.612 bits per heavy atom. The van der Waals surface area contributed by atoms with Crippen LogP contribution in [0.2, 0.25) is 0 Å². The van der Waals surface area contributed by atoms with E-state index >= 15 is 0 Å². The number of H-pyrrole nitrogens is 1. The second kappa shape index (κ2) is 14.9. The first kappa shape index (κ1) is 31.7. The monoisotopic (exact) mass is 629 g/mol. The van der Waals surface area contributed by atoms with Gasteiger partial charge in [-0.05, 0) is 50.2 Å². The average molecular weight is 629 g/mol. The highest BCUT2D eigenvalue weighted by molar-refractivity contribution is 6.96. The molecule has 1 N–H and O–H groups in total. The predicted octanol–water partition coefficient (Wildman–Crippen LogP) is 6.33. The van der Waals surface area contributed by atoms with Gasteiger partial charge < -0.3 is 4.98 Å². The lowest BCUT2D eigenvalue weighted by Crippen LogP contribution is -2.51. The molecule has 7 aromatic rings. The minimum Gasteiger partial charge on any atom is -0.353 e. The van der Waals surface area contributed by atoms with E-state index in [2.05, 4.69) is 187 Å². The molecule has 3 nitrogen and oxygen atoms in total. The van der Waals surface area contributed by atoms with Crippen molar-refractivity contribution in [2.75, 3.05) is 0 Å². The maximum Gasteiger partial charge on any atom is 0.241 e. The molecule has 1 aromatic heterocycles. The summed E-state index contributed by atoms with van der Waals surface area (Å²) in [6.45, 7) is 4.42. The molecule has 49 heavy (non-hydrogen) atoms. The minimum absolute atomic E-state index is 0.167. The summed E-state index contributed by atoms with van der Waals surface area (Å²) < 4.78 is 0. The summed E-state index contributed by atoms with van der Waals surface area (Å²) >= 11 is 0. The number of hydrogen-bond donors (Lipinski definition) is 1. The molecule has 0 aliphatic carbocycles. The molecule has 0 fully saturated rings. The van der Waals surface area contributed by atoms with Crippen LogP contribution >= 0.6 is 0 Å². The Morgan fingerprint density at radius 1 is 0.347 bits per heavy atom. The van der Waals surface area contributed by atoms with E-state index in [1.165, 1.54) is 32.8 Å². The van der Waals surface area contributed by atoms with Gasteiger partial charge in [0.25, 0.3) is 0 Å². The molecule has 0 amide bonds. The maximum atomic E-state index is 4.95. The van der Waals surface area contributed by atoms with Crippen molar-refractivity contribution in [3.8, 4) is 0 Å². The van der Waals surface area contributed by atoms with Gasteiger partial charge in [0.05, 0.1) is 34.2 Å². The van der Waals surface area contributed by atoms with E-state index < -0.39 is 0 Å². The largest absolute Gasteiger partial charge is 0.353 e. The zero-order valence-corrected chi connectivity index (χ0v) is 27.9. The molecule has 0 aliphatic heterocycles. The quantitative estimate of drug-likeness (QED) is 0.136. The summed E-state index contributed by atoms with van der Waals surface area (Å²) in [4.78, 5) is 13.4. The number of aromatic amines is 1. The van der Waals surface area contributed by atoms with Gasteiger partial charge >= 0.3 is 0 Å². The first-order chi connectivity index (χ1) is 24.1. The van der Waals surface area contributed by atoms with E-state index in [0.717, 1.165) is 34.2 Å². The van der Waals surface area contributed by atoms with Gasteiger partial charge in [0, 0.05) is 0 Å². The van der Waals surface area contributed by atoms with Crippen molar-refractivity contribution in [3.05, 3.63) is 193 Å². The van der Waals surface area contributed by atoms with Crippen LogP contribution in [0.3, 0.4) is 0 Å². The van der Waals surface area contributed by atoms with E-state index in [4.69, 9.17) is 9.98 Å². The Kier molecular flexibility index (Phi) is 9.61. The molecule has 0 spiro atoms. The molecule has 0 radical (unpaired) electrons. The minimum atomic E-state index is 0.167. The molecule has 234 valence electrons. The van der Waals surface area contributed by atoms with Crippen LogP contribution in [-0.4, -0.2) is 29.8 Å². The van der Waals surface area contributed by atoms with E-state index in [0.29, 0.717) is 0 Å². The van der Waals surface area contributed by atoms with Gasteiger partial charge in [-0.3, -0.25) is 9.98 Å². The molecule has 7 rings (SSSR count). The Labute approximate surface area is 290 Å². The number of nitrogens with zero attached hydrogens (tertiary/aromatic N) is 2. The summed E-state index contributed by atoms with van der Waals surface area (Å²) in [7, 11) is 0. The van der Waals surface area contributed by atoms with Crippen LogP contribution in [0.15, 0.2) is 192 Å². The number of benzene rings is 6. The third-order valence-corrected chi connectivity index (χ3v) is 9.04. The zero-order valence-electron chi connectivity index (χ0n) is 27.9. The first-order valence-corrected chi connectivity index (χ1v) is 16.8. The lowest BCUT2D eigenvalue weighted by Gasteiger charge is -2.15. The molecule has 0 atom stereocenters. The smallest absolute Gasteiger partial charge is 0.241 e. The lowest BCUT2D eigenvalue weighted by molar-refractivity contribution is 1.30. The number of nitrogens with one attached hydrogen (secondary N) is 1. The molecule has 0 bridgehead atoms. The Bertz CT molecular complexity index is 1920. The third-order valence-electron chi connectivity index (χ3n) is 9.04. The molecule has 0 unspecified atom stereocenters. The van der Waals surface area contributed by atoms with Crippen LogP contribution < -0.4 is 32.8 Å². The predicted molar refractivity (Wildman–Crippen MR) is 212 cm³/mol. The van der Waals surface area contributed by atoms with Crippen LogP contribution in [0.1, 0.15) is 25.2 Å². The van der Waals surface area contributed by atoms with Crippen molar-refractivity contribution >= 4 is 69.0 Å². The number of rotatable bonds is 10. The second-order valence-electron chi connectivity index (χ2n) is 12.4. The highest BCUT2D eigenvalue weighted by Crippen LogP contribution is 2.16. The van der Waals surface area contributed by atoms with Crippen LogP contribution in [0, 0.1) is 0 Å². The maximum absolute atomic E-state index is 4.95. The highest BCUT2D eigenvalue weighted by atomic mass is 14.8. The Balaban J connectivity index is 1.07. The summed E-state index contributed by atoms with van der Waals surface area (Å²) in [6.07, 6.45) is 0. The molecular formula is C44H37B2N3. The van der Waals surface area contributed by atoms with Gasteiger partial charge in [-0.25, -0.2) is 0 Å². The topological polar surface area (TPSA) is 40.5 Å². The van der Waals surface area contributed by atoms with Gasteiger partial charge in [-0.1, -0.05) is 178 Å². The van der Waals surface area contributed by atoms with Crippen molar-refractivity contribution in [1.29, 1.82) is 0 Å². The van der Waals surface area contributed by atoms with Crippen LogP contribution in [0.25, 0.3) is 0 Å². The summed E-state index contributed by atoms with van der Waals surface area (Å²) in [5, 5.41) is 0. The molecule has 0 aliphatic rings. The molecule has 5 heteroatoms. The van der Waals surface area contributed by atoms with Gasteiger partial charge in [-0.2, -0.15) is 0 Å². The van der Waals surface area contributed by atoms with E-state index in [1.54, 1.807) is 0 Å². The Morgan fingerprint density at radius 3 is 0.898 bits per heavy atom. The number of aromatic nitrogens is 1. The first-order valence-electron chi connectivity index (χ1n) is 16.8. The van der Waals surface area contributed by atoms with Crippen molar-refractivity contribution in [1.82, 2.24) is 4.98 Å². The van der Waals surface area contributed by atoms with Crippen molar-refractivity contribution < 1.29 is 0 Å². The van der Waals surface area contributed by atoms with Crippen LogP contribution in [0.5, 0.6) is 0 Å². The van der Waals surface area contributed by atoms with Gasteiger partial charge in [0.1, 0.15) is 0 Å². The second-order valence-corrected chi connectivity index (χ2v) is 12.4. The number of aliphatic imine (C=N–C) groups is 2. The van der Waals surface area contributed by atoms with E-state index in [-0.39, 0.29) is 13.4 Å². The van der Waals surface area contributed by atoms with Crippen molar-refractivity contribution in [3.63, 3.8) is 0 Å². The molecule has 6 aromatic carbocycles. The van der Waals surface area contributed by atoms with Crippen molar-refractivity contribution in [2.24, 2.45) is 9.98 Å². The Hall–Kier alpha value is -5.93. The molecule has 1 heterocycles. The molecule has 0 saturated carbocycles. The zero-order chi connectivity index (χ0) is 33.4. The van der Waals surface area contributed by atoms with Gasteiger partial charge in [0.15, 0.2) is 0 Å². The van der Waals surface area contributed by atoms with Gasteiger partial charge in [-0.15, -0.1) is 0 Å². The number of hydrogen-bond acceptors (Lipinski definition) is 2.